The van der Waals surface area contributed by atoms with Crippen LogP contribution in [0.1, 0.15) is 33.6 Å². The van der Waals surface area contributed by atoms with E-state index in [9.17, 15) is 9.90 Å². The summed E-state index contributed by atoms with van der Waals surface area (Å²) in [6.45, 7) is 5.50. The Bertz CT molecular complexity index is 214. The highest BCUT2D eigenvalue weighted by molar-refractivity contribution is 7.99. The molecule has 4 heteroatoms. The molecule has 0 bridgehead atoms. The first-order valence-corrected chi connectivity index (χ1v) is 5.98. The van der Waals surface area contributed by atoms with Crippen molar-refractivity contribution in [3.63, 3.8) is 0 Å². The molecule has 0 aromatic heterocycles. The van der Waals surface area contributed by atoms with E-state index in [1.54, 1.807) is 11.8 Å². The van der Waals surface area contributed by atoms with Crippen LogP contribution in [-0.4, -0.2) is 33.8 Å². The molecule has 0 aliphatic carbocycles. The molecule has 1 N–H and O–H groups in total. The molecular formula is C10H18O3S. The highest BCUT2D eigenvalue weighted by atomic mass is 32.2. The third-order valence-electron chi connectivity index (χ3n) is 1.98. The number of hydrogen-bond acceptors (Lipinski definition) is 4. The second-order valence-corrected chi connectivity index (χ2v) is 5.90. The van der Waals surface area contributed by atoms with E-state index in [0.29, 0.717) is 12.2 Å². The van der Waals surface area contributed by atoms with Gasteiger partial charge < -0.3 is 9.84 Å². The van der Waals surface area contributed by atoms with E-state index < -0.39 is 11.2 Å². The molecule has 1 rings (SSSR count). The van der Waals surface area contributed by atoms with E-state index in [-0.39, 0.29) is 12.4 Å². The summed E-state index contributed by atoms with van der Waals surface area (Å²) in [6, 6.07) is 0. The van der Waals surface area contributed by atoms with Gasteiger partial charge in [0.2, 0.25) is 0 Å². The summed E-state index contributed by atoms with van der Waals surface area (Å²) in [5, 5.41) is 9.94. The summed E-state index contributed by atoms with van der Waals surface area (Å²) in [4.78, 5) is 11.4. The van der Waals surface area contributed by atoms with Gasteiger partial charge in [-0.3, -0.25) is 4.79 Å². The molecular weight excluding hydrogens is 200 g/mol. The van der Waals surface area contributed by atoms with E-state index in [4.69, 9.17) is 4.74 Å². The third kappa shape index (κ3) is 3.88. The first-order valence-electron chi connectivity index (χ1n) is 4.83. The Labute approximate surface area is 89.2 Å². The third-order valence-corrected chi connectivity index (χ3v) is 3.21. The minimum atomic E-state index is -0.826. The van der Waals surface area contributed by atoms with Crippen LogP contribution in [0.5, 0.6) is 0 Å². The lowest BCUT2D eigenvalue weighted by molar-refractivity contribution is -0.159. The molecule has 82 valence electrons. The quantitative estimate of drug-likeness (QED) is 0.715. The van der Waals surface area contributed by atoms with Gasteiger partial charge in [-0.1, -0.05) is 0 Å². The van der Waals surface area contributed by atoms with Crippen LogP contribution >= 0.6 is 11.8 Å². The number of thioether (sulfide) groups is 1. The highest BCUT2D eigenvalue weighted by Crippen LogP contribution is 2.31. The molecule has 1 aliphatic heterocycles. The summed E-state index contributed by atoms with van der Waals surface area (Å²) < 4.78 is 5.16. The van der Waals surface area contributed by atoms with Gasteiger partial charge in [-0.2, -0.15) is 11.8 Å². The maximum absolute atomic E-state index is 11.4. The topological polar surface area (TPSA) is 46.5 Å². The number of esters is 1. The molecule has 14 heavy (non-hydrogen) atoms. The van der Waals surface area contributed by atoms with Crippen LogP contribution in [0, 0.1) is 0 Å². The number of aliphatic hydroxyl groups is 1. The fourth-order valence-corrected chi connectivity index (χ4v) is 2.68. The van der Waals surface area contributed by atoms with Crippen molar-refractivity contribution in [3.05, 3.63) is 0 Å². The van der Waals surface area contributed by atoms with Crippen LogP contribution in [0.2, 0.25) is 0 Å². The van der Waals surface area contributed by atoms with Crippen molar-refractivity contribution in [3.8, 4) is 0 Å². The number of ether oxygens (including phenoxy) is 1. The number of hydrogen-bond donors (Lipinski definition) is 1. The zero-order chi connectivity index (χ0) is 10.8. The SMILES string of the molecule is CC(C)(C)OC(=O)CC1(O)CCSC1. The largest absolute Gasteiger partial charge is 0.460 e. The van der Waals surface area contributed by atoms with Crippen molar-refractivity contribution in [2.75, 3.05) is 11.5 Å². The van der Waals surface area contributed by atoms with E-state index in [2.05, 4.69) is 0 Å². The van der Waals surface area contributed by atoms with E-state index >= 15 is 0 Å². The maximum Gasteiger partial charge on any atom is 0.309 e. The van der Waals surface area contributed by atoms with Crippen molar-refractivity contribution in [1.82, 2.24) is 0 Å². The predicted molar refractivity (Wildman–Crippen MR) is 57.4 cm³/mol. The Morgan fingerprint density at radius 1 is 1.57 bits per heavy atom. The van der Waals surface area contributed by atoms with Gasteiger partial charge in [-0.15, -0.1) is 0 Å². The molecule has 1 atom stereocenters. The Morgan fingerprint density at radius 2 is 2.21 bits per heavy atom. The maximum atomic E-state index is 11.4. The zero-order valence-corrected chi connectivity index (χ0v) is 9.82. The average molecular weight is 218 g/mol. The van der Waals surface area contributed by atoms with Gasteiger partial charge in [0.15, 0.2) is 0 Å². The normalized spacial score (nSPS) is 27.7. The Kier molecular flexibility index (Phi) is 3.48. The molecule has 0 saturated carbocycles. The van der Waals surface area contributed by atoms with Gasteiger partial charge in [-0.05, 0) is 32.9 Å². The molecule has 0 spiro atoms. The van der Waals surface area contributed by atoms with Crippen LogP contribution in [0.15, 0.2) is 0 Å². The van der Waals surface area contributed by atoms with Crippen LogP contribution in [0.25, 0.3) is 0 Å². The van der Waals surface area contributed by atoms with Crippen molar-refractivity contribution in [1.29, 1.82) is 0 Å². The lowest BCUT2D eigenvalue weighted by Crippen LogP contribution is -2.34. The van der Waals surface area contributed by atoms with Crippen LogP contribution in [-0.2, 0) is 9.53 Å². The van der Waals surface area contributed by atoms with Crippen molar-refractivity contribution < 1.29 is 14.6 Å². The minimum Gasteiger partial charge on any atom is -0.460 e. The van der Waals surface area contributed by atoms with E-state index in [1.807, 2.05) is 20.8 Å². The van der Waals surface area contributed by atoms with Crippen molar-refractivity contribution >= 4 is 17.7 Å². The van der Waals surface area contributed by atoms with Gasteiger partial charge in [0.1, 0.15) is 5.60 Å². The first kappa shape index (κ1) is 11.9. The fraction of sp³-hybridized carbons (Fsp3) is 0.900. The molecule has 3 nitrogen and oxygen atoms in total. The molecule has 0 amide bonds. The molecule has 1 fully saturated rings. The summed E-state index contributed by atoms with van der Waals surface area (Å²) >= 11 is 1.68. The summed E-state index contributed by atoms with van der Waals surface area (Å²) in [7, 11) is 0. The second kappa shape index (κ2) is 4.11. The molecule has 0 aromatic carbocycles. The lowest BCUT2D eigenvalue weighted by Gasteiger charge is -2.24. The molecule has 1 heterocycles. The van der Waals surface area contributed by atoms with Gasteiger partial charge in [-0.25, -0.2) is 0 Å². The zero-order valence-electron chi connectivity index (χ0n) is 9.00. The Morgan fingerprint density at radius 3 is 2.64 bits per heavy atom. The van der Waals surface area contributed by atoms with Crippen molar-refractivity contribution in [2.24, 2.45) is 0 Å². The monoisotopic (exact) mass is 218 g/mol. The predicted octanol–water partition coefficient (Wildman–Crippen LogP) is 1.59. The van der Waals surface area contributed by atoms with Crippen LogP contribution < -0.4 is 0 Å². The number of rotatable bonds is 2. The van der Waals surface area contributed by atoms with E-state index in [1.165, 1.54) is 0 Å². The first-order chi connectivity index (χ1) is 6.31. The van der Waals surface area contributed by atoms with Crippen LogP contribution in [0.4, 0.5) is 0 Å². The minimum absolute atomic E-state index is 0.122. The summed E-state index contributed by atoms with van der Waals surface area (Å²) in [5.74, 6) is 1.27. The summed E-state index contributed by atoms with van der Waals surface area (Å²) in [6.07, 6.45) is 0.814. The lowest BCUT2D eigenvalue weighted by atomic mass is 9.99. The fourth-order valence-electron chi connectivity index (χ4n) is 1.38. The van der Waals surface area contributed by atoms with Crippen LogP contribution in [0.3, 0.4) is 0 Å². The Balaban J connectivity index is 2.40. The smallest absolute Gasteiger partial charge is 0.309 e. The van der Waals surface area contributed by atoms with E-state index in [0.717, 1.165) is 5.75 Å². The number of carbonyl (C=O) groups excluding carboxylic acids is 1. The molecule has 1 aliphatic rings. The second-order valence-electron chi connectivity index (χ2n) is 4.79. The average Bonchev–Trinajstić information content (AvgIpc) is 2.30. The Hall–Kier alpha value is -0.220. The molecule has 1 saturated heterocycles. The van der Waals surface area contributed by atoms with Gasteiger partial charge in [0, 0.05) is 5.75 Å². The standard InChI is InChI=1S/C10H18O3S/c1-9(2,3)13-8(11)6-10(12)4-5-14-7-10/h12H,4-7H2,1-3H3. The van der Waals surface area contributed by atoms with Crippen molar-refractivity contribution in [2.45, 2.75) is 44.8 Å². The van der Waals surface area contributed by atoms with Gasteiger partial charge >= 0.3 is 5.97 Å². The molecule has 0 aromatic rings. The molecule has 1 unspecified atom stereocenters. The molecule has 0 radical (unpaired) electrons. The van der Waals surface area contributed by atoms with Gasteiger partial charge in [0.25, 0.3) is 0 Å². The highest BCUT2D eigenvalue weighted by Gasteiger charge is 2.35. The summed E-state index contributed by atoms with van der Waals surface area (Å²) in [5.41, 5.74) is -1.29. The van der Waals surface area contributed by atoms with Gasteiger partial charge in [0.05, 0.1) is 12.0 Å². The number of carbonyl (C=O) groups is 1.